The van der Waals surface area contributed by atoms with Crippen LogP contribution < -0.4 is 5.32 Å². The second kappa shape index (κ2) is 9.85. The van der Waals surface area contributed by atoms with E-state index in [0.29, 0.717) is 6.54 Å². The molecule has 1 aromatic heterocycles. The molecule has 0 radical (unpaired) electrons. The lowest BCUT2D eigenvalue weighted by Crippen LogP contribution is -2.35. The zero-order chi connectivity index (χ0) is 22.6. The summed E-state index contributed by atoms with van der Waals surface area (Å²) >= 11 is 0. The van der Waals surface area contributed by atoms with Crippen molar-refractivity contribution in [1.29, 1.82) is 0 Å². The van der Waals surface area contributed by atoms with Crippen LogP contribution in [0.2, 0.25) is 0 Å². The van der Waals surface area contributed by atoms with Gasteiger partial charge in [-0.15, -0.1) is 10.2 Å². The lowest BCUT2D eigenvalue weighted by molar-refractivity contribution is -0.127. The first-order valence-electron chi connectivity index (χ1n) is 11.6. The number of hydrogen-bond donors (Lipinski definition) is 2. The summed E-state index contributed by atoms with van der Waals surface area (Å²) in [6.07, 6.45) is 4.82. The molecule has 2 aromatic rings. The van der Waals surface area contributed by atoms with Gasteiger partial charge in [0.05, 0.1) is 0 Å². The molecule has 1 aliphatic carbocycles. The number of hydrogen-bond acceptors (Lipinski definition) is 5. The Morgan fingerprint density at radius 1 is 1.19 bits per heavy atom. The van der Waals surface area contributed by atoms with Gasteiger partial charge in [0.15, 0.2) is 0 Å². The quantitative estimate of drug-likeness (QED) is 0.678. The summed E-state index contributed by atoms with van der Waals surface area (Å²) in [6, 6.07) is 8.24. The molecular formula is C25H33N5O2. The summed E-state index contributed by atoms with van der Waals surface area (Å²) in [5.74, 6) is 8.28. The standard InChI is InChI=1S/C25H33N5O2/c1-25(2,32)13-10-19-6-8-20(9-7-19)18-29-15-12-23-28-27-22(30(23)17-16-29)11-14-26-24(31)21-4-3-5-21/h6-9,21,32H,3-5,11-12,14-18H2,1-2H3,(H,26,31). The van der Waals surface area contributed by atoms with Crippen LogP contribution in [0.3, 0.4) is 0 Å². The molecule has 0 spiro atoms. The van der Waals surface area contributed by atoms with Crippen LogP contribution in [0.4, 0.5) is 0 Å². The minimum atomic E-state index is -0.981. The Balaban J connectivity index is 1.28. The molecule has 4 rings (SSSR count). The number of nitrogens with zero attached hydrogens (tertiary/aromatic N) is 4. The van der Waals surface area contributed by atoms with E-state index in [1.807, 2.05) is 12.1 Å². The van der Waals surface area contributed by atoms with Gasteiger partial charge in [-0.3, -0.25) is 9.69 Å². The molecule has 32 heavy (non-hydrogen) atoms. The predicted molar refractivity (Wildman–Crippen MR) is 123 cm³/mol. The lowest BCUT2D eigenvalue weighted by Gasteiger charge is -2.24. The molecule has 2 heterocycles. The number of fused-ring (bicyclic) bond motifs is 1. The number of carbonyl (C=O) groups is 1. The van der Waals surface area contributed by atoms with E-state index in [0.717, 1.165) is 69.1 Å². The van der Waals surface area contributed by atoms with E-state index in [9.17, 15) is 9.90 Å². The van der Waals surface area contributed by atoms with Gasteiger partial charge in [0.1, 0.15) is 17.2 Å². The van der Waals surface area contributed by atoms with E-state index in [-0.39, 0.29) is 11.8 Å². The van der Waals surface area contributed by atoms with E-state index in [1.54, 1.807) is 13.8 Å². The molecule has 1 aliphatic heterocycles. The van der Waals surface area contributed by atoms with Gasteiger partial charge >= 0.3 is 0 Å². The first-order chi connectivity index (χ1) is 15.4. The zero-order valence-electron chi connectivity index (χ0n) is 19.1. The van der Waals surface area contributed by atoms with Crippen molar-refractivity contribution in [1.82, 2.24) is 25.0 Å². The van der Waals surface area contributed by atoms with Crippen LogP contribution in [0, 0.1) is 17.8 Å². The van der Waals surface area contributed by atoms with Crippen LogP contribution in [0.25, 0.3) is 0 Å². The number of aliphatic hydroxyl groups is 1. The summed E-state index contributed by atoms with van der Waals surface area (Å²) in [7, 11) is 0. The average Bonchev–Trinajstić information content (AvgIpc) is 2.98. The van der Waals surface area contributed by atoms with Crippen molar-refractivity contribution >= 4 is 5.91 Å². The summed E-state index contributed by atoms with van der Waals surface area (Å²) < 4.78 is 2.23. The van der Waals surface area contributed by atoms with Crippen LogP contribution in [0.15, 0.2) is 24.3 Å². The highest BCUT2D eigenvalue weighted by Crippen LogP contribution is 2.26. The van der Waals surface area contributed by atoms with Gasteiger partial charge in [-0.1, -0.05) is 30.4 Å². The molecule has 0 saturated heterocycles. The molecule has 0 bridgehead atoms. The van der Waals surface area contributed by atoms with Crippen LogP contribution in [0.5, 0.6) is 0 Å². The second-order valence-corrected chi connectivity index (χ2v) is 9.39. The highest BCUT2D eigenvalue weighted by molar-refractivity contribution is 5.79. The summed E-state index contributed by atoms with van der Waals surface area (Å²) in [5, 5.41) is 21.6. The Hall–Kier alpha value is -2.69. The topological polar surface area (TPSA) is 83.3 Å². The van der Waals surface area contributed by atoms with E-state index >= 15 is 0 Å². The summed E-state index contributed by atoms with van der Waals surface area (Å²) in [5.41, 5.74) is 1.17. The number of nitrogens with one attached hydrogen (secondary N) is 1. The number of benzene rings is 1. The molecule has 1 aromatic carbocycles. The largest absolute Gasteiger partial charge is 0.378 e. The molecule has 1 amide bonds. The minimum Gasteiger partial charge on any atom is -0.378 e. The third kappa shape index (κ3) is 5.96. The number of aromatic nitrogens is 3. The SMILES string of the molecule is CC(C)(O)C#Cc1ccc(CN2CCc3nnc(CCNC(=O)C4CCC4)n3CC2)cc1. The first-order valence-corrected chi connectivity index (χ1v) is 11.6. The summed E-state index contributed by atoms with van der Waals surface area (Å²) in [4.78, 5) is 14.5. The molecule has 2 aliphatic rings. The minimum absolute atomic E-state index is 0.190. The molecular weight excluding hydrogens is 402 g/mol. The van der Waals surface area contributed by atoms with E-state index in [1.165, 1.54) is 12.0 Å². The highest BCUT2D eigenvalue weighted by atomic mass is 16.3. The van der Waals surface area contributed by atoms with Gasteiger partial charge in [0.2, 0.25) is 5.91 Å². The number of rotatable bonds is 6. The Bertz CT molecular complexity index is 990. The van der Waals surface area contributed by atoms with Crippen molar-refractivity contribution in [3.63, 3.8) is 0 Å². The van der Waals surface area contributed by atoms with Gasteiger partial charge in [-0.05, 0) is 44.4 Å². The van der Waals surface area contributed by atoms with Gasteiger partial charge in [-0.25, -0.2) is 0 Å². The Labute approximate surface area is 190 Å². The second-order valence-electron chi connectivity index (χ2n) is 9.39. The van der Waals surface area contributed by atoms with Gasteiger partial charge < -0.3 is 15.0 Å². The Morgan fingerprint density at radius 2 is 1.97 bits per heavy atom. The van der Waals surface area contributed by atoms with Crippen LogP contribution >= 0.6 is 0 Å². The molecule has 1 saturated carbocycles. The monoisotopic (exact) mass is 435 g/mol. The van der Waals surface area contributed by atoms with Gasteiger partial charge in [-0.2, -0.15) is 0 Å². The van der Waals surface area contributed by atoms with Crippen molar-refractivity contribution < 1.29 is 9.90 Å². The van der Waals surface area contributed by atoms with Crippen LogP contribution in [0.1, 0.15) is 55.9 Å². The maximum atomic E-state index is 12.0. The van der Waals surface area contributed by atoms with Crippen molar-refractivity contribution in [3.05, 3.63) is 47.0 Å². The van der Waals surface area contributed by atoms with Crippen molar-refractivity contribution in [3.8, 4) is 11.8 Å². The van der Waals surface area contributed by atoms with Crippen molar-refractivity contribution in [2.24, 2.45) is 5.92 Å². The molecule has 0 unspecified atom stereocenters. The fraction of sp³-hybridized carbons (Fsp3) is 0.560. The lowest BCUT2D eigenvalue weighted by atomic mass is 9.85. The number of carbonyl (C=O) groups excluding carboxylic acids is 1. The third-order valence-electron chi connectivity index (χ3n) is 6.19. The van der Waals surface area contributed by atoms with Crippen LogP contribution in [-0.4, -0.2) is 55.9 Å². The maximum Gasteiger partial charge on any atom is 0.223 e. The zero-order valence-corrected chi connectivity index (χ0v) is 19.1. The van der Waals surface area contributed by atoms with Crippen molar-refractivity contribution in [2.75, 3.05) is 19.6 Å². The highest BCUT2D eigenvalue weighted by Gasteiger charge is 2.25. The van der Waals surface area contributed by atoms with Crippen molar-refractivity contribution in [2.45, 2.75) is 64.6 Å². The maximum absolute atomic E-state index is 12.0. The average molecular weight is 436 g/mol. The fourth-order valence-electron chi connectivity index (χ4n) is 4.06. The predicted octanol–water partition coefficient (Wildman–Crippen LogP) is 1.92. The van der Waals surface area contributed by atoms with Crippen LogP contribution in [-0.2, 0) is 30.7 Å². The molecule has 7 nitrogen and oxygen atoms in total. The Morgan fingerprint density at radius 3 is 2.66 bits per heavy atom. The molecule has 1 fully saturated rings. The number of amides is 1. The third-order valence-corrected chi connectivity index (χ3v) is 6.19. The normalized spacial score (nSPS) is 17.0. The van der Waals surface area contributed by atoms with E-state index < -0.39 is 5.60 Å². The van der Waals surface area contributed by atoms with Gasteiger partial charge in [0, 0.05) is 57.0 Å². The molecule has 7 heteroatoms. The molecule has 0 atom stereocenters. The summed E-state index contributed by atoms with van der Waals surface area (Å²) in [6.45, 7) is 7.62. The smallest absolute Gasteiger partial charge is 0.223 e. The van der Waals surface area contributed by atoms with E-state index in [2.05, 4.69) is 49.0 Å². The van der Waals surface area contributed by atoms with Gasteiger partial charge in [0.25, 0.3) is 0 Å². The van der Waals surface area contributed by atoms with E-state index in [4.69, 9.17) is 0 Å². The Kier molecular flexibility index (Phi) is 6.92. The molecule has 2 N–H and O–H groups in total. The fourth-order valence-corrected chi connectivity index (χ4v) is 4.06. The molecule has 170 valence electrons. The first kappa shape index (κ1) is 22.5.